The van der Waals surface area contributed by atoms with E-state index in [1.807, 2.05) is 13.8 Å². The van der Waals surface area contributed by atoms with E-state index in [1.165, 1.54) is 6.92 Å². The molecule has 0 saturated carbocycles. The quantitative estimate of drug-likeness (QED) is 0.0613. The third kappa shape index (κ3) is 13.6. The second-order valence-corrected chi connectivity index (χ2v) is 9.86. The van der Waals surface area contributed by atoms with Crippen LogP contribution in [0.15, 0.2) is 35.3 Å². The van der Waals surface area contributed by atoms with Gasteiger partial charge in [-0.2, -0.15) is 0 Å². The standard InChI is InChI=1S/C26H42N8O6/c1-15(2)12-19(23(37)33-18(25(39)40)10-7-11-30-26(28)29)34-24(38)20(13-17-8-5-4-6-9-17)32-21(35)14-31-22(36)16(3)27/h4-6,8-9,15-16,18-20H,7,10-14,27H2,1-3H3,(H,31,36)(H,32,35)(H,33,37)(H,34,38)(H,39,40)(H4,28,29,30)/t16?,18-,19?,20?/m1/s1. The van der Waals surface area contributed by atoms with E-state index < -0.39 is 60.3 Å². The number of nitrogens with one attached hydrogen (secondary N) is 4. The Kier molecular flexibility index (Phi) is 14.7. The van der Waals surface area contributed by atoms with E-state index in [0.29, 0.717) is 6.42 Å². The zero-order valence-corrected chi connectivity index (χ0v) is 23.2. The highest BCUT2D eigenvalue weighted by Gasteiger charge is 2.30. The molecule has 0 aromatic heterocycles. The van der Waals surface area contributed by atoms with Gasteiger partial charge in [-0.15, -0.1) is 0 Å². The predicted molar refractivity (Wildman–Crippen MR) is 150 cm³/mol. The number of carbonyl (C=O) groups is 5. The van der Waals surface area contributed by atoms with Crippen LogP contribution >= 0.6 is 0 Å². The van der Waals surface area contributed by atoms with Crippen LogP contribution < -0.4 is 38.5 Å². The zero-order chi connectivity index (χ0) is 30.2. The molecule has 0 saturated heterocycles. The van der Waals surface area contributed by atoms with Gasteiger partial charge in [-0.3, -0.25) is 24.2 Å². The van der Waals surface area contributed by atoms with Crippen LogP contribution in [-0.4, -0.2) is 77.9 Å². The van der Waals surface area contributed by atoms with Crippen LogP contribution in [0, 0.1) is 5.92 Å². The van der Waals surface area contributed by atoms with Crippen molar-refractivity contribution < 1.29 is 29.1 Å². The van der Waals surface area contributed by atoms with E-state index in [0.717, 1.165) is 5.56 Å². The fourth-order valence-corrected chi connectivity index (χ4v) is 3.64. The summed E-state index contributed by atoms with van der Waals surface area (Å²) >= 11 is 0. The van der Waals surface area contributed by atoms with Gasteiger partial charge in [-0.05, 0) is 37.7 Å². The number of hydrogen-bond donors (Lipinski definition) is 8. The van der Waals surface area contributed by atoms with Gasteiger partial charge in [0.15, 0.2) is 5.96 Å². The van der Waals surface area contributed by atoms with E-state index in [1.54, 1.807) is 30.3 Å². The molecule has 0 heterocycles. The SMILES string of the molecule is CC(C)CC(NC(=O)C(Cc1ccccc1)NC(=O)CNC(=O)C(C)N)C(=O)N[C@H](CCCN=C(N)N)C(=O)O. The minimum atomic E-state index is -1.24. The van der Waals surface area contributed by atoms with Crippen molar-refractivity contribution >= 4 is 35.6 Å². The van der Waals surface area contributed by atoms with Crippen LogP contribution in [0.3, 0.4) is 0 Å². The number of carbonyl (C=O) groups excluding carboxylic acids is 4. The van der Waals surface area contributed by atoms with Crippen molar-refractivity contribution in [2.75, 3.05) is 13.1 Å². The van der Waals surface area contributed by atoms with Crippen molar-refractivity contribution in [2.24, 2.45) is 28.1 Å². The summed E-state index contributed by atoms with van der Waals surface area (Å²) in [5, 5.41) is 19.7. The third-order valence-corrected chi connectivity index (χ3v) is 5.67. The lowest BCUT2D eigenvalue weighted by molar-refractivity contribution is -0.142. The van der Waals surface area contributed by atoms with Crippen LogP contribution in [0.1, 0.15) is 45.6 Å². The molecule has 14 nitrogen and oxygen atoms in total. The average Bonchev–Trinajstić information content (AvgIpc) is 2.87. The molecule has 222 valence electrons. The number of aliphatic carboxylic acids is 1. The minimum Gasteiger partial charge on any atom is -0.480 e. The number of carboxylic acids is 1. The van der Waals surface area contributed by atoms with Crippen LogP contribution in [0.25, 0.3) is 0 Å². The molecule has 0 radical (unpaired) electrons. The van der Waals surface area contributed by atoms with E-state index in [-0.39, 0.29) is 37.7 Å². The van der Waals surface area contributed by atoms with E-state index in [9.17, 15) is 29.1 Å². The summed E-state index contributed by atoms with van der Waals surface area (Å²) in [5.74, 6) is -3.86. The predicted octanol–water partition coefficient (Wildman–Crippen LogP) is -1.67. The molecule has 3 unspecified atom stereocenters. The number of nitrogens with two attached hydrogens (primary N) is 3. The maximum Gasteiger partial charge on any atom is 0.326 e. The van der Waals surface area contributed by atoms with Gasteiger partial charge in [0, 0.05) is 13.0 Å². The number of carboxylic acid groups (broad SMARTS) is 1. The largest absolute Gasteiger partial charge is 0.480 e. The molecule has 1 aromatic rings. The van der Waals surface area contributed by atoms with Crippen molar-refractivity contribution in [1.29, 1.82) is 0 Å². The molecule has 0 bridgehead atoms. The lowest BCUT2D eigenvalue weighted by Gasteiger charge is -2.25. The molecule has 40 heavy (non-hydrogen) atoms. The number of nitrogens with zero attached hydrogens (tertiary/aromatic N) is 1. The second kappa shape index (κ2) is 17.4. The highest BCUT2D eigenvalue weighted by atomic mass is 16.4. The third-order valence-electron chi connectivity index (χ3n) is 5.67. The van der Waals surface area contributed by atoms with Crippen molar-refractivity contribution in [1.82, 2.24) is 21.3 Å². The van der Waals surface area contributed by atoms with Gasteiger partial charge in [0.2, 0.25) is 23.6 Å². The molecule has 0 aliphatic rings. The summed E-state index contributed by atoms with van der Waals surface area (Å²) in [6.07, 6.45) is 0.702. The van der Waals surface area contributed by atoms with Crippen LogP contribution in [0.5, 0.6) is 0 Å². The van der Waals surface area contributed by atoms with Gasteiger partial charge in [0.05, 0.1) is 12.6 Å². The number of hydrogen-bond acceptors (Lipinski definition) is 7. The van der Waals surface area contributed by atoms with Crippen LogP contribution in [0.4, 0.5) is 0 Å². The fourth-order valence-electron chi connectivity index (χ4n) is 3.64. The molecule has 14 heteroatoms. The topological polar surface area (TPSA) is 244 Å². The molecule has 1 rings (SSSR count). The highest BCUT2D eigenvalue weighted by Crippen LogP contribution is 2.09. The van der Waals surface area contributed by atoms with Gasteiger partial charge in [0.1, 0.15) is 18.1 Å². The first kappa shape index (κ1) is 33.8. The monoisotopic (exact) mass is 562 g/mol. The molecule has 0 fully saturated rings. The number of rotatable bonds is 17. The molecule has 1 aromatic carbocycles. The van der Waals surface area contributed by atoms with E-state index in [2.05, 4.69) is 26.3 Å². The first-order chi connectivity index (χ1) is 18.8. The van der Waals surface area contributed by atoms with E-state index >= 15 is 0 Å². The Morgan fingerprint density at radius 2 is 1.48 bits per heavy atom. The number of benzene rings is 1. The number of aliphatic imine (C=N–C) groups is 1. The Bertz CT molecular complexity index is 1030. The highest BCUT2D eigenvalue weighted by molar-refractivity contribution is 5.94. The first-order valence-electron chi connectivity index (χ1n) is 13.1. The molecule has 4 atom stereocenters. The molecule has 11 N–H and O–H groups in total. The Morgan fingerprint density at radius 1 is 0.875 bits per heavy atom. The smallest absolute Gasteiger partial charge is 0.326 e. The van der Waals surface area contributed by atoms with Gasteiger partial charge >= 0.3 is 5.97 Å². The summed E-state index contributed by atoms with van der Waals surface area (Å²) in [5.41, 5.74) is 16.8. The Morgan fingerprint density at radius 3 is 2.02 bits per heavy atom. The molecule has 0 aliphatic carbocycles. The van der Waals surface area contributed by atoms with Gasteiger partial charge in [-0.25, -0.2) is 4.79 Å². The zero-order valence-electron chi connectivity index (χ0n) is 23.2. The lowest BCUT2D eigenvalue weighted by atomic mass is 10.0. The van der Waals surface area contributed by atoms with Crippen molar-refractivity contribution in [3.05, 3.63) is 35.9 Å². The normalized spacial score (nSPS) is 13.7. The summed E-state index contributed by atoms with van der Waals surface area (Å²) in [6.45, 7) is 4.97. The van der Waals surface area contributed by atoms with Crippen molar-refractivity contribution in [3.8, 4) is 0 Å². The minimum absolute atomic E-state index is 0.0307. The lowest BCUT2D eigenvalue weighted by Crippen LogP contribution is -2.57. The van der Waals surface area contributed by atoms with Crippen LogP contribution in [-0.2, 0) is 30.4 Å². The average molecular weight is 563 g/mol. The maximum absolute atomic E-state index is 13.4. The molecular formula is C26H42N8O6. The Labute approximate surface area is 233 Å². The van der Waals surface area contributed by atoms with Gasteiger partial charge in [0.25, 0.3) is 0 Å². The number of guanidine groups is 1. The molecule has 0 spiro atoms. The van der Waals surface area contributed by atoms with Crippen molar-refractivity contribution in [2.45, 2.75) is 70.6 Å². The number of amides is 4. The molecule has 4 amide bonds. The van der Waals surface area contributed by atoms with Crippen LogP contribution in [0.2, 0.25) is 0 Å². The summed E-state index contributed by atoms with van der Waals surface area (Å²) < 4.78 is 0. The summed E-state index contributed by atoms with van der Waals surface area (Å²) in [4.78, 5) is 66.3. The summed E-state index contributed by atoms with van der Waals surface area (Å²) in [6, 6.07) is 4.74. The second-order valence-electron chi connectivity index (χ2n) is 9.86. The fraction of sp³-hybridized carbons (Fsp3) is 0.538. The van der Waals surface area contributed by atoms with Gasteiger partial charge < -0.3 is 43.6 Å². The molecule has 0 aliphatic heterocycles. The van der Waals surface area contributed by atoms with Gasteiger partial charge in [-0.1, -0.05) is 44.2 Å². The Hall–Kier alpha value is -4.20. The summed E-state index contributed by atoms with van der Waals surface area (Å²) in [7, 11) is 0. The molecular weight excluding hydrogens is 520 g/mol. The van der Waals surface area contributed by atoms with E-state index in [4.69, 9.17) is 17.2 Å². The van der Waals surface area contributed by atoms with Crippen molar-refractivity contribution in [3.63, 3.8) is 0 Å². The Balaban J connectivity index is 3.02. The maximum atomic E-state index is 13.4. The first-order valence-corrected chi connectivity index (χ1v) is 13.1.